The van der Waals surface area contributed by atoms with Gasteiger partial charge in [-0.15, -0.1) is 0 Å². The average molecular weight is 417 g/mol. The lowest BCUT2D eigenvalue weighted by atomic mass is 9.62. The van der Waals surface area contributed by atoms with Crippen LogP contribution in [0.15, 0.2) is 34.9 Å². The van der Waals surface area contributed by atoms with Gasteiger partial charge in [0.1, 0.15) is 0 Å². The maximum atomic E-state index is 10.3. The maximum Gasteiger partial charge on any atom is 0.0788 e. The van der Waals surface area contributed by atoms with E-state index in [9.17, 15) is 10.2 Å². The van der Waals surface area contributed by atoms with E-state index in [0.717, 1.165) is 43.1 Å². The van der Waals surface area contributed by atoms with Gasteiger partial charge in [0.05, 0.1) is 18.3 Å². The Kier molecular flexibility index (Phi) is 8.03. The largest absolute Gasteiger partial charge is 0.392 e. The molecule has 0 amide bonds. The van der Waals surface area contributed by atoms with Crippen LogP contribution in [0.25, 0.3) is 0 Å². The summed E-state index contributed by atoms with van der Waals surface area (Å²) in [4.78, 5) is 0. The molecule has 3 fully saturated rings. The van der Waals surface area contributed by atoms with Crippen LogP contribution >= 0.6 is 0 Å². The van der Waals surface area contributed by atoms with Crippen molar-refractivity contribution in [3.63, 3.8) is 0 Å². The van der Waals surface area contributed by atoms with Gasteiger partial charge in [-0.2, -0.15) is 0 Å². The fraction of sp³-hybridized carbons (Fsp3) is 0.778. The number of unbranched alkanes of at least 4 members (excludes halogenated alkanes) is 1. The zero-order chi connectivity index (χ0) is 21.8. The highest BCUT2D eigenvalue weighted by Gasteiger charge is 2.48. The van der Waals surface area contributed by atoms with E-state index in [0.29, 0.717) is 11.8 Å². The van der Waals surface area contributed by atoms with Crippen LogP contribution in [0.1, 0.15) is 97.8 Å². The molecule has 0 bridgehead atoms. The standard InChI is InChI=1S/C27H44O3/c1-26(2,30)16-5-4-8-23-13-14-24-21(7-6-17-27(23,24)3)11-9-20-10-12-22(15-18-28)25(29)19-20/h9,11,15,23-25,28-30H,4-8,10,12-14,16-19H2,1-3H3/b20-9-,21-11+,22-15+/t23?,24?,25-,27?/m1/s1. The Labute approximate surface area is 184 Å². The molecule has 0 aromatic carbocycles. The van der Waals surface area contributed by atoms with Gasteiger partial charge < -0.3 is 15.3 Å². The van der Waals surface area contributed by atoms with Crippen LogP contribution in [0, 0.1) is 17.3 Å². The van der Waals surface area contributed by atoms with E-state index >= 15 is 0 Å². The predicted octanol–water partition coefficient (Wildman–Crippen LogP) is 5.85. The summed E-state index contributed by atoms with van der Waals surface area (Å²) in [6.07, 6.45) is 19.8. The van der Waals surface area contributed by atoms with Gasteiger partial charge in [0.15, 0.2) is 0 Å². The summed E-state index contributed by atoms with van der Waals surface area (Å²) in [7, 11) is 0. The van der Waals surface area contributed by atoms with Gasteiger partial charge in [0.25, 0.3) is 0 Å². The molecular formula is C27H44O3. The van der Waals surface area contributed by atoms with Gasteiger partial charge in [-0.05, 0) is 101 Å². The lowest BCUT2D eigenvalue weighted by Crippen LogP contribution is -2.33. The van der Waals surface area contributed by atoms with Crippen LogP contribution in [-0.2, 0) is 0 Å². The van der Waals surface area contributed by atoms with Gasteiger partial charge in [-0.3, -0.25) is 0 Å². The SMILES string of the molecule is CC(C)(O)CCCCC1CCC2/C(=C/C=C3/CC/C(=C\CO)[C@H](O)C3)CCCC12C. The molecule has 0 heterocycles. The summed E-state index contributed by atoms with van der Waals surface area (Å²) < 4.78 is 0. The van der Waals surface area contributed by atoms with Crippen LogP contribution in [0.5, 0.6) is 0 Å². The number of hydrogen-bond acceptors (Lipinski definition) is 3. The third kappa shape index (κ3) is 5.87. The number of hydrogen-bond donors (Lipinski definition) is 3. The highest BCUT2D eigenvalue weighted by molar-refractivity contribution is 5.28. The van der Waals surface area contributed by atoms with E-state index in [-0.39, 0.29) is 6.61 Å². The summed E-state index contributed by atoms with van der Waals surface area (Å²) in [6, 6.07) is 0. The Morgan fingerprint density at radius 2 is 1.87 bits per heavy atom. The molecule has 4 atom stereocenters. The molecule has 0 aromatic rings. The van der Waals surface area contributed by atoms with Gasteiger partial charge >= 0.3 is 0 Å². The second-order valence-corrected chi connectivity index (χ2v) is 11.0. The summed E-state index contributed by atoms with van der Waals surface area (Å²) in [5.74, 6) is 1.55. The van der Waals surface area contributed by atoms with Crippen molar-refractivity contribution >= 4 is 0 Å². The van der Waals surface area contributed by atoms with Crippen molar-refractivity contribution in [2.45, 2.75) is 110 Å². The molecule has 0 radical (unpaired) electrons. The first-order valence-electron chi connectivity index (χ1n) is 12.3. The Hall–Kier alpha value is -0.900. The van der Waals surface area contributed by atoms with Crippen molar-refractivity contribution < 1.29 is 15.3 Å². The van der Waals surface area contributed by atoms with Crippen molar-refractivity contribution in [3.05, 3.63) is 34.9 Å². The van der Waals surface area contributed by atoms with E-state index in [1.165, 1.54) is 50.5 Å². The topological polar surface area (TPSA) is 60.7 Å². The zero-order valence-electron chi connectivity index (χ0n) is 19.5. The lowest BCUT2D eigenvalue weighted by Gasteiger charge is -2.42. The first-order chi connectivity index (χ1) is 14.2. The Morgan fingerprint density at radius 1 is 1.07 bits per heavy atom. The first kappa shape index (κ1) is 23.8. The van der Waals surface area contributed by atoms with Crippen LogP contribution in [0.3, 0.4) is 0 Å². The molecule has 3 aliphatic rings. The number of aliphatic hydroxyl groups excluding tert-OH is 2. The molecule has 3 rings (SSSR count). The van der Waals surface area contributed by atoms with E-state index in [1.807, 2.05) is 13.8 Å². The van der Waals surface area contributed by atoms with E-state index < -0.39 is 11.7 Å². The molecule has 0 aromatic heterocycles. The van der Waals surface area contributed by atoms with E-state index in [4.69, 9.17) is 5.11 Å². The van der Waals surface area contributed by atoms with E-state index in [1.54, 1.807) is 11.6 Å². The molecule has 3 N–H and O–H groups in total. The second-order valence-electron chi connectivity index (χ2n) is 11.0. The minimum Gasteiger partial charge on any atom is -0.392 e. The first-order valence-corrected chi connectivity index (χ1v) is 12.3. The molecule has 3 aliphatic carbocycles. The molecule has 170 valence electrons. The predicted molar refractivity (Wildman–Crippen MR) is 124 cm³/mol. The second kappa shape index (κ2) is 10.1. The molecule has 3 heteroatoms. The van der Waals surface area contributed by atoms with Crippen LogP contribution < -0.4 is 0 Å². The maximum absolute atomic E-state index is 10.3. The monoisotopic (exact) mass is 416 g/mol. The lowest BCUT2D eigenvalue weighted by molar-refractivity contribution is 0.0659. The third-order valence-corrected chi connectivity index (χ3v) is 8.26. The number of fused-ring (bicyclic) bond motifs is 1. The highest BCUT2D eigenvalue weighted by Crippen LogP contribution is 2.58. The quantitative estimate of drug-likeness (QED) is 0.360. The van der Waals surface area contributed by atoms with Crippen molar-refractivity contribution in [2.24, 2.45) is 17.3 Å². The number of aliphatic hydroxyl groups is 3. The molecule has 0 saturated heterocycles. The minimum absolute atomic E-state index is 0.0225. The summed E-state index contributed by atoms with van der Waals surface area (Å²) in [6.45, 7) is 6.40. The molecular weight excluding hydrogens is 372 g/mol. The van der Waals surface area contributed by atoms with Gasteiger partial charge in [0.2, 0.25) is 0 Å². The van der Waals surface area contributed by atoms with Crippen molar-refractivity contribution in [1.29, 1.82) is 0 Å². The van der Waals surface area contributed by atoms with E-state index in [2.05, 4.69) is 19.1 Å². The molecule has 0 aliphatic heterocycles. The third-order valence-electron chi connectivity index (χ3n) is 8.26. The number of allylic oxidation sites excluding steroid dienone is 3. The van der Waals surface area contributed by atoms with Gasteiger partial charge in [-0.1, -0.05) is 49.1 Å². The normalized spacial score (nSPS) is 36.6. The number of rotatable bonds is 7. The summed E-state index contributed by atoms with van der Waals surface area (Å²) >= 11 is 0. The zero-order valence-corrected chi connectivity index (χ0v) is 19.5. The molecule has 3 unspecified atom stereocenters. The Balaban J connectivity index is 1.60. The van der Waals surface area contributed by atoms with Crippen molar-refractivity contribution in [2.75, 3.05) is 6.61 Å². The van der Waals surface area contributed by atoms with Gasteiger partial charge in [-0.25, -0.2) is 0 Å². The fourth-order valence-corrected chi connectivity index (χ4v) is 6.45. The highest BCUT2D eigenvalue weighted by atomic mass is 16.3. The molecule has 30 heavy (non-hydrogen) atoms. The smallest absolute Gasteiger partial charge is 0.0788 e. The average Bonchev–Trinajstić information content (AvgIpc) is 3.01. The minimum atomic E-state index is -0.530. The van der Waals surface area contributed by atoms with Crippen LogP contribution in [0.2, 0.25) is 0 Å². The Bertz CT molecular complexity index is 666. The summed E-state index contributed by atoms with van der Waals surface area (Å²) in [5.41, 5.74) is 3.90. The fourth-order valence-electron chi connectivity index (χ4n) is 6.45. The van der Waals surface area contributed by atoms with Crippen LogP contribution in [0.4, 0.5) is 0 Å². The van der Waals surface area contributed by atoms with Crippen molar-refractivity contribution in [3.8, 4) is 0 Å². The van der Waals surface area contributed by atoms with Crippen LogP contribution in [-0.4, -0.2) is 33.6 Å². The van der Waals surface area contributed by atoms with Crippen molar-refractivity contribution in [1.82, 2.24) is 0 Å². The molecule has 0 spiro atoms. The molecule has 3 saturated carbocycles. The molecule has 3 nitrogen and oxygen atoms in total. The summed E-state index contributed by atoms with van der Waals surface area (Å²) in [5, 5.41) is 29.4. The van der Waals surface area contributed by atoms with Gasteiger partial charge in [0, 0.05) is 0 Å². The Morgan fingerprint density at radius 3 is 2.57 bits per heavy atom.